The summed E-state index contributed by atoms with van der Waals surface area (Å²) in [5, 5.41) is 0. The van der Waals surface area contributed by atoms with Gasteiger partial charge in [-0.3, -0.25) is 0 Å². The highest BCUT2D eigenvalue weighted by Gasteiger charge is 2.09. The summed E-state index contributed by atoms with van der Waals surface area (Å²) in [5.41, 5.74) is 4.25. The molecule has 0 radical (unpaired) electrons. The van der Waals surface area contributed by atoms with Crippen LogP contribution in [0.15, 0.2) is 54.6 Å². The molecule has 88 valence electrons. The first-order valence-corrected chi connectivity index (χ1v) is 6.40. The van der Waals surface area contributed by atoms with E-state index in [9.17, 15) is 0 Å². The lowest BCUT2D eigenvalue weighted by atomic mass is 9.89. The molecule has 1 atom stereocenters. The minimum absolute atomic E-state index is 0.637. The van der Waals surface area contributed by atoms with Crippen molar-refractivity contribution in [2.45, 2.75) is 32.6 Å². The van der Waals surface area contributed by atoms with Crippen LogP contribution in [0.4, 0.5) is 0 Å². The molecule has 0 spiro atoms. The Balaban J connectivity index is 2.16. The van der Waals surface area contributed by atoms with Crippen LogP contribution in [0.25, 0.3) is 0 Å². The van der Waals surface area contributed by atoms with Crippen LogP contribution in [-0.2, 0) is 6.42 Å². The van der Waals surface area contributed by atoms with E-state index in [0.29, 0.717) is 5.92 Å². The van der Waals surface area contributed by atoms with E-state index in [4.69, 9.17) is 0 Å². The van der Waals surface area contributed by atoms with Gasteiger partial charge in [0.05, 0.1) is 0 Å². The van der Waals surface area contributed by atoms with Gasteiger partial charge in [-0.05, 0) is 36.8 Å². The SMILES string of the molecule is CCC(Cc1cccc(C)c1)c1ccccc1. The molecule has 2 aromatic carbocycles. The molecular weight excluding hydrogens is 204 g/mol. The Kier molecular flexibility index (Phi) is 3.98. The Bertz CT molecular complexity index is 456. The van der Waals surface area contributed by atoms with Crippen molar-refractivity contribution in [2.24, 2.45) is 0 Å². The summed E-state index contributed by atoms with van der Waals surface area (Å²) in [6.45, 7) is 4.43. The Morgan fingerprint density at radius 1 is 0.941 bits per heavy atom. The molecule has 0 heterocycles. The van der Waals surface area contributed by atoms with Gasteiger partial charge in [-0.15, -0.1) is 0 Å². The molecule has 17 heavy (non-hydrogen) atoms. The third kappa shape index (κ3) is 3.20. The molecule has 0 fully saturated rings. The van der Waals surface area contributed by atoms with Crippen LogP contribution in [0.1, 0.15) is 36.0 Å². The van der Waals surface area contributed by atoms with Crippen molar-refractivity contribution >= 4 is 0 Å². The van der Waals surface area contributed by atoms with Crippen molar-refractivity contribution in [3.8, 4) is 0 Å². The molecule has 0 saturated carbocycles. The quantitative estimate of drug-likeness (QED) is 0.704. The fourth-order valence-corrected chi connectivity index (χ4v) is 2.35. The maximum absolute atomic E-state index is 2.30. The molecule has 0 N–H and O–H groups in total. The molecular formula is C17H20. The molecule has 0 saturated heterocycles. The van der Waals surface area contributed by atoms with E-state index in [1.807, 2.05) is 0 Å². The van der Waals surface area contributed by atoms with Crippen molar-refractivity contribution in [3.05, 3.63) is 71.3 Å². The Morgan fingerprint density at radius 3 is 2.35 bits per heavy atom. The summed E-state index contributed by atoms with van der Waals surface area (Å²) in [4.78, 5) is 0. The average molecular weight is 224 g/mol. The number of rotatable bonds is 4. The minimum Gasteiger partial charge on any atom is -0.0648 e. The Labute approximate surface area is 104 Å². The second-order valence-electron chi connectivity index (χ2n) is 4.71. The van der Waals surface area contributed by atoms with E-state index in [2.05, 4.69) is 68.4 Å². The second-order valence-corrected chi connectivity index (χ2v) is 4.71. The van der Waals surface area contributed by atoms with Gasteiger partial charge in [0.1, 0.15) is 0 Å². The van der Waals surface area contributed by atoms with E-state index in [1.54, 1.807) is 0 Å². The Morgan fingerprint density at radius 2 is 1.71 bits per heavy atom. The minimum atomic E-state index is 0.637. The van der Waals surface area contributed by atoms with Crippen LogP contribution in [0, 0.1) is 6.92 Å². The standard InChI is InChI=1S/C17H20/c1-3-16(17-10-5-4-6-11-17)13-15-9-7-8-14(2)12-15/h4-12,16H,3,13H2,1-2H3. The van der Waals surface area contributed by atoms with Gasteiger partial charge in [0, 0.05) is 0 Å². The van der Waals surface area contributed by atoms with Crippen LogP contribution in [0.5, 0.6) is 0 Å². The average Bonchev–Trinajstić information content (AvgIpc) is 2.37. The lowest BCUT2D eigenvalue weighted by Gasteiger charge is -2.15. The number of benzene rings is 2. The van der Waals surface area contributed by atoms with Gasteiger partial charge < -0.3 is 0 Å². The van der Waals surface area contributed by atoms with E-state index in [1.165, 1.54) is 23.1 Å². The molecule has 0 amide bonds. The van der Waals surface area contributed by atoms with E-state index in [-0.39, 0.29) is 0 Å². The lowest BCUT2D eigenvalue weighted by molar-refractivity contribution is 0.660. The molecule has 0 aliphatic heterocycles. The maximum Gasteiger partial charge on any atom is -0.0124 e. The van der Waals surface area contributed by atoms with Crippen LogP contribution < -0.4 is 0 Å². The zero-order chi connectivity index (χ0) is 12.1. The van der Waals surface area contributed by atoms with Crippen molar-refractivity contribution in [2.75, 3.05) is 0 Å². The monoisotopic (exact) mass is 224 g/mol. The molecule has 0 aliphatic carbocycles. The fourth-order valence-electron chi connectivity index (χ4n) is 2.35. The molecule has 0 aliphatic rings. The number of hydrogen-bond acceptors (Lipinski definition) is 0. The summed E-state index contributed by atoms with van der Waals surface area (Å²) < 4.78 is 0. The predicted octanol–water partition coefficient (Wildman–Crippen LogP) is 4.73. The topological polar surface area (TPSA) is 0 Å². The highest BCUT2D eigenvalue weighted by atomic mass is 14.1. The molecule has 2 aromatic rings. The zero-order valence-electron chi connectivity index (χ0n) is 10.7. The third-order valence-electron chi connectivity index (χ3n) is 3.33. The summed E-state index contributed by atoms with van der Waals surface area (Å²) >= 11 is 0. The molecule has 2 rings (SSSR count). The van der Waals surface area contributed by atoms with Crippen molar-refractivity contribution in [1.29, 1.82) is 0 Å². The summed E-state index contributed by atoms with van der Waals surface area (Å²) in [5.74, 6) is 0.637. The molecule has 0 aromatic heterocycles. The van der Waals surface area contributed by atoms with Gasteiger partial charge in [0.15, 0.2) is 0 Å². The first-order valence-electron chi connectivity index (χ1n) is 6.40. The van der Waals surface area contributed by atoms with E-state index >= 15 is 0 Å². The summed E-state index contributed by atoms with van der Waals surface area (Å²) in [7, 11) is 0. The normalized spacial score (nSPS) is 12.4. The summed E-state index contributed by atoms with van der Waals surface area (Å²) in [6, 6.07) is 19.7. The van der Waals surface area contributed by atoms with Crippen LogP contribution in [-0.4, -0.2) is 0 Å². The molecule has 0 nitrogen and oxygen atoms in total. The van der Waals surface area contributed by atoms with Crippen LogP contribution >= 0.6 is 0 Å². The molecule has 1 unspecified atom stereocenters. The van der Waals surface area contributed by atoms with Gasteiger partial charge in [-0.2, -0.15) is 0 Å². The van der Waals surface area contributed by atoms with E-state index < -0.39 is 0 Å². The summed E-state index contributed by atoms with van der Waals surface area (Å²) in [6.07, 6.45) is 2.33. The smallest absolute Gasteiger partial charge is 0.0124 e. The largest absolute Gasteiger partial charge is 0.0648 e. The first kappa shape index (κ1) is 11.9. The number of aryl methyl sites for hydroxylation is 1. The fraction of sp³-hybridized carbons (Fsp3) is 0.294. The second kappa shape index (κ2) is 5.67. The highest BCUT2D eigenvalue weighted by molar-refractivity contribution is 5.26. The van der Waals surface area contributed by atoms with Gasteiger partial charge in [-0.1, -0.05) is 67.1 Å². The van der Waals surface area contributed by atoms with Crippen molar-refractivity contribution in [3.63, 3.8) is 0 Å². The highest BCUT2D eigenvalue weighted by Crippen LogP contribution is 2.24. The third-order valence-corrected chi connectivity index (χ3v) is 3.33. The zero-order valence-corrected chi connectivity index (χ0v) is 10.7. The van der Waals surface area contributed by atoms with Crippen LogP contribution in [0.3, 0.4) is 0 Å². The van der Waals surface area contributed by atoms with Gasteiger partial charge in [-0.25, -0.2) is 0 Å². The van der Waals surface area contributed by atoms with Gasteiger partial charge >= 0.3 is 0 Å². The number of hydrogen-bond donors (Lipinski definition) is 0. The molecule has 0 heteroatoms. The lowest BCUT2D eigenvalue weighted by Crippen LogP contribution is -2.01. The van der Waals surface area contributed by atoms with Crippen molar-refractivity contribution in [1.82, 2.24) is 0 Å². The molecule has 0 bridgehead atoms. The van der Waals surface area contributed by atoms with E-state index in [0.717, 1.165) is 6.42 Å². The van der Waals surface area contributed by atoms with Gasteiger partial charge in [0.2, 0.25) is 0 Å². The first-order chi connectivity index (χ1) is 8.29. The maximum atomic E-state index is 2.30. The van der Waals surface area contributed by atoms with Gasteiger partial charge in [0.25, 0.3) is 0 Å². The predicted molar refractivity (Wildman–Crippen MR) is 74.4 cm³/mol. The Hall–Kier alpha value is -1.56. The van der Waals surface area contributed by atoms with Crippen molar-refractivity contribution < 1.29 is 0 Å². The van der Waals surface area contributed by atoms with Crippen LogP contribution in [0.2, 0.25) is 0 Å².